The van der Waals surface area contributed by atoms with Crippen LogP contribution in [0.4, 0.5) is 0 Å². The number of carbonyl (C=O) groups excluding carboxylic acids is 1. The molecule has 0 aromatic heterocycles. The molecule has 27 heavy (non-hydrogen) atoms. The van der Waals surface area contributed by atoms with Gasteiger partial charge in [-0.15, -0.1) is 0 Å². The summed E-state index contributed by atoms with van der Waals surface area (Å²) in [6.45, 7) is 0. The fraction of sp³-hybridized carbons (Fsp3) is 0. The molecule has 3 aromatic carbocycles. The van der Waals surface area contributed by atoms with Crippen molar-refractivity contribution in [2.24, 2.45) is 5.10 Å². The number of nitrogens with zero attached hydrogens (tertiary/aromatic N) is 1. The number of nitrogens with one attached hydrogen (secondary N) is 1. The van der Waals surface area contributed by atoms with Gasteiger partial charge in [0.05, 0.1) is 6.21 Å². The van der Waals surface area contributed by atoms with Crippen LogP contribution < -0.4 is 9.61 Å². The third-order valence-corrected chi connectivity index (χ3v) is 4.77. The standard InChI is InChI=1S/C20H16N2O4S/c23-20(17-9-3-1-4-10-17)22-21-15-16-8-7-11-18(14-16)26-27(24,25)19-12-5-2-6-13-19/h1-15H,(H,22,23)/b21-15-. The first kappa shape index (κ1) is 18.3. The molecule has 0 aliphatic heterocycles. The van der Waals surface area contributed by atoms with E-state index in [1.165, 1.54) is 30.5 Å². The fourth-order valence-corrected chi connectivity index (χ4v) is 3.17. The van der Waals surface area contributed by atoms with Gasteiger partial charge in [-0.1, -0.05) is 48.5 Å². The van der Waals surface area contributed by atoms with Gasteiger partial charge in [-0.3, -0.25) is 4.79 Å². The van der Waals surface area contributed by atoms with Gasteiger partial charge in [0.1, 0.15) is 10.6 Å². The van der Waals surface area contributed by atoms with Crippen LogP contribution in [0, 0.1) is 0 Å². The Morgan fingerprint density at radius 2 is 1.56 bits per heavy atom. The van der Waals surface area contributed by atoms with Gasteiger partial charge < -0.3 is 4.18 Å². The van der Waals surface area contributed by atoms with Gasteiger partial charge in [-0.2, -0.15) is 13.5 Å². The van der Waals surface area contributed by atoms with Crippen molar-refractivity contribution >= 4 is 22.2 Å². The number of benzene rings is 3. The van der Waals surface area contributed by atoms with Crippen molar-refractivity contribution in [3.8, 4) is 5.75 Å². The largest absolute Gasteiger partial charge is 0.379 e. The normalized spacial score (nSPS) is 11.3. The van der Waals surface area contributed by atoms with Crippen LogP contribution in [0.5, 0.6) is 5.75 Å². The molecule has 0 fully saturated rings. The predicted octanol–water partition coefficient (Wildman–Crippen LogP) is 3.22. The van der Waals surface area contributed by atoms with E-state index in [4.69, 9.17) is 4.18 Å². The van der Waals surface area contributed by atoms with E-state index in [0.29, 0.717) is 11.1 Å². The van der Waals surface area contributed by atoms with Gasteiger partial charge in [-0.25, -0.2) is 5.43 Å². The molecule has 0 heterocycles. The molecule has 0 saturated carbocycles. The molecule has 0 spiro atoms. The molecule has 0 saturated heterocycles. The zero-order valence-electron chi connectivity index (χ0n) is 14.1. The number of hydrogen-bond acceptors (Lipinski definition) is 5. The minimum atomic E-state index is -3.91. The molecule has 0 aliphatic rings. The highest BCUT2D eigenvalue weighted by Gasteiger charge is 2.15. The minimum absolute atomic E-state index is 0.0687. The summed E-state index contributed by atoms with van der Waals surface area (Å²) in [4.78, 5) is 12.0. The van der Waals surface area contributed by atoms with Crippen LogP contribution in [0.15, 0.2) is 94.9 Å². The van der Waals surface area contributed by atoms with Crippen LogP contribution in [0.25, 0.3) is 0 Å². The third-order valence-electron chi connectivity index (χ3n) is 3.51. The Bertz CT molecular complexity index is 1050. The van der Waals surface area contributed by atoms with Crippen LogP contribution in [0.3, 0.4) is 0 Å². The van der Waals surface area contributed by atoms with Gasteiger partial charge in [0.2, 0.25) is 0 Å². The second kappa shape index (κ2) is 8.29. The Labute approximate surface area is 157 Å². The highest BCUT2D eigenvalue weighted by Crippen LogP contribution is 2.19. The van der Waals surface area contributed by atoms with E-state index in [-0.39, 0.29) is 16.6 Å². The monoisotopic (exact) mass is 380 g/mol. The topological polar surface area (TPSA) is 84.8 Å². The predicted molar refractivity (Wildman–Crippen MR) is 102 cm³/mol. The maximum absolute atomic E-state index is 12.3. The van der Waals surface area contributed by atoms with Crippen LogP contribution in [0.1, 0.15) is 15.9 Å². The lowest BCUT2D eigenvalue weighted by molar-refractivity contribution is 0.0955. The molecule has 0 unspecified atom stereocenters. The summed E-state index contributed by atoms with van der Waals surface area (Å²) in [5, 5.41) is 3.88. The van der Waals surface area contributed by atoms with E-state index in [1.807, 2.05) is 6.07 Å². The second-order valence-corrected chi connectivity index (χ2v) is 7.03. The summed E-state index contributed by atoms with van der Waals surface area (Å²) in [7, 11) is -3.91. The zero-order valence-corrected chi connectivity index (χ0v) is 15.0. The quantitative estimate of drug-likeness (QED) is 0.404. The van der Waals surface area contributed by atoms with Gasteiger partial charge in [-0.05, 0) is 42.0 Å². The Morgan fingerprint density at radius 3 is 2.26 bits per heavy atom. The van der Waals surface area contributed by atoms with Crippen molar-refractivity contribution < 1.29 is 17.4 Å². The van der Waals surface area contributed by atoms with Gasteiger partial charge in [0, 0.05) is 5.56 Å². The average molecular weight is 380 g/mol. The molecule has 7 heteroatoms. The molecule has 136 valence electrons. The molecule has 3 rings (SSSR count). The van der Waals surface area contributed by atoms with E-state index in [1.54, 1.807) is 54.6 Å². The van der Waals surface area contributed by atoms with Crippen molar-refractivity contribution in [2.45, 2.75) is 4.90 Å². The summed E-state index contributed by atoms with van der Waals surface area (Å²) in [6.07, 6.45) is 1.41. The molecule has 0 atom stereocenters. The minimum Gasteiger partial charge on any atom is -0.379 e. The highest BCUT2D eigenvalue weighted by molar-refractivity contribution is 7.87. The Hall–Kier alpha value is -3.45. The Morgan fingerprint density at radius 1 is 0.889 bits per heavy atom. The summed E-state index contributed by atoms with van der Waals surface area (Å²) in [5.41, 5.74) is 3.47. The number of amides is 1. The maximum atomic E-state index is 12.3. The molecule has 0 bridgehead atoms. The number of rotatable bonds is 6. The van der Waals surface area contributed by atoms with E-state index in [0.717, 1.165) is 0 Å². The first-order valence-electron chi connectivity index (χ1n) is 8.03. The molecule has 0 radical (unpaired) electrons. The van der Waals surface area contributed by atoms with Crippen LogP contribution in [-0.4, -0.2) is 20.5 Å². The summed E-state index contributed by atoms with van der Waals surface area (Å²) < 4.78 is 29.7. The maximum Gasteiger partial charge on any atom is 0.339 e. The fourth-order valence-electron chi connectivity index (χ4n) is 2.23. The van der Waals surface area contributed by atoms with E-state index < -0.39 is 10.1 Å². The van der Waals surface area contributed by atoms with Gasteiger partial charge >= 0.3 is 10.1 Å². The first-order chi connectivity index (χ1) is 13.0. The van der Waals surface area contributed by atoms with E-state index in [9.17, 15) is 13.2 Å². The summed E-state index contributed by atoms with van der Waals surface area (Å²) >= 11 is 0. The molecule has 0 aliphatic carbocycles. The molecule has 6 nitrogen and oxygen atoms in total. The van der Waals surface area contributed by atoms with Crippen molar-refractivity contribution in [1.29, 1.82) is 0 Å². The van der Waals surface area contributed by atoms with Crippen LogP contribution in [-0.2, 0) is 10.1 Å². The molecule has 1 N–H and O–H groups in total. The molecular formula is C20H16N2O4S. The van der Waals surface area contributed by atoms with Crippen LogP contribution in [0.2, 0.25) is 0 Å². The highest BCUT2D eigenvalue weighted by atomic mass is 32.2. The lowest BCUT2D eigenvalue weighted by Crippen LogP contribution is -2.17. The Kier molecular flexibility index (Phi) is 5.63. The van der Waals surface area contributed by atoms with Crippen molar-refractivity contribution in [2.75, 3.05) is 0 Å². The smallest absolute Gasteiger partial charge is 0.339 e. The number of hydrogen-bond donors (Lipinski definition) is 1. The first-order valence-corrected chi connectivity index (χ1v) is 9.43. The summed E-state index contributed by atoms with van der Waals surface area (Å²) in [5.74, 6) is -0.192. The third kappa shape index (κ3) is 5.02. The SMILES string of the molecule is O=C(N/N=C\c1cccc(OS(=O)(=O)c2ccccc2)c1)c1ccccc1. The number of carbonyl (C=O) groups is 1. The average Bonchev–Trinajstić information content (AvgIpc) is 2.69. The lowest BCUT2D eigenvalue weighted by atomic mass is 10.2. The number of hydrazone groups is 1. The van der Waals surface area contributed by atoms with Crippen molar-refractivity contribution in [3.63, 3.8) is 0 Å². The van der Waals surface area contributed by atoms with Gasteiger partial charge in [0.25, 0.3) is 5.91 Å². The zero-order chi connectivity index (χ0) is 19.1. The van der Waals surface area contributed by atoms with E-state index >= 15 is 0 Å². The van der Waals surface area contributed by atoms with Crippen LogP contribution >= 0.6 is 0 Å². The van der Waals surface area contributed by atoms with Crippen molar-refractivity contribution in [3.05, 3.63) is 96.1 Å². The molecule has 3 aromatic rings. The Balaban J connectivity index is 1.68. The molecular weight excluding hydrogens is 364 g/mol. The summed E-state index contributed by atoms with van der Waals surface area (Å²) in [6, 6.07) is 22.9. The lowest BCUT2D eigenvalue weighted by Gasteiger charge is -2.07. The van der Waals surface area contributed by atoms with Crippen molar-refractivity contribution in [1.82, 2.24) is 5.43 Å². The molecule has 1 amide bonds. The van der Waals surface area contributed by atoms with E-state index in [2.05, 4.69) is 10.5 Å². The van der Waals surface area contributed by atoms with Gasteiger partial charge in [0.15, 0.2) is 0 Å². The second-order valence-electron chi connectivity index (χ2n) is 5.49.